The zero-order valence-corrected chi connectivity index (χ0v) is 23.1. The van der Waals surface area contributed by atoms with Gasteiger partial charge in [-0.1, -0.05) is 47.5 Å². The highest BCUT2D eigenvalue weighted by molar-refractivity contribution is 5.92. The molecule has 0 saturated heterocycles. The standard InChI is InChI=1S/C29H49N3O4/c1-17(2)10-22(23(26(34)32-36)21-8-6-7-9-21)25(33)30-24(28(3,4)5)27(35)31-29-14-18-11-19(15-29)13-20(12-18)16-29/h17-24,36H,6-16H2,1-5H3,(H,30,33)(H,31,35)(H,32,34)/t18?,19?,20?,22-,23+,24-,29?/m1/s1. The molecule has 5 aliphatic carbocycles. The third-order valence-corrected chi connectivity index (χ3v) is 9.66. The van der Waals surface area contributed by atoms with E-state index < -0.39 is 29.2 Å². The van der Waals surface area contributed by atoms with Crippen molar-refractivity contribution in [3.05, 3.63) is 0 Å². The van der Waals surface area contributed by atoms with Crippen LogP contribution in [0.25, 0.3) is 0 Å². The van der Waals surface area contributed by atoms with Gasteiger partial charge in [0.05, 0.1) is 11.8 Å². The zero-order valence-electron chi connectivity index (χ0n) is 23.1. The quantitative estimate of drug-likeness (QED) is 0.273. The Kier molecular flexibility index (Phi) is 8.09. The minimum atomic E-state index is -0.686. The lowest BCUT2D eigenvalue weighted by molar-refractivity contribution is -0.145. The highest BCUT2D eigenvalue weighted by Crippen LogP contribution is 2.55. The molecule has 0 spiro atoms. The van der Waals surface area contributed by atoms with Crippen LogP contribution in [0.2, 0.25) is 0 Å². The number of nitrogens with one attached hydrogen (secondary N) is 3. The molecule has 5 aliphatic rings. The van der Waals surface area contributed by atoms with Gasteiger partial charge in [-0.05, 0) is 92.8 Å². The van der Waals surface area contributed by atoms with E-state index in [1.165, 1.54) is 19.3 Å². The maximum absolute atomic E-state index is 13.9. The minimum Gasteiger partial charge on any atom is -0.349 e. The van der Waals surface area contributed by atoms with Gasteiger partial charge >= 0.3 is 0 Å². The Morgan fingerprint density at radius 2 is 1.42 bits per heavy atom. The fraction of sp³-hybridized carbons (Fsp3) is 0.897. The van der Waals surface area contributed by atoms with Crippen LogP contribution in [0.5, 0.6) is 0 Å². The third-order valence-electron chi connectivity index (χ3n) is 9.66. The second kappa shape index (κ2) is 10.6. The minimum absolute atomic E-state index is 0.0700. The number of hydrogen-bond acceptors (Lipinski definition) is 4. The lowest BCUT2D eigenvalue weighted by Gasteiger charge is -2.57. The Morgan fingerprint density at radius 1 is 0.889 bits per heavy atom. The third kappa shape index (κ3) is 5.92. The van der Waals surface area contributed by atoms with E-state index in [1.807, 2.05) is 40.1 Å². The van der Waals surface area contributed by atoms with Gasteiger partial charge in [0.15, 0.2) is 0 Å². The Morgan fingerprint density at radius 3 is 1.86 bits per heavy atom. The molecule has 0 aromatic carbocycles. The summed E-state index contributed by atoms with van der Waals surface area (Å²) in [6.45, 7) is 10.1. The van der Waals surface area contributed by atoms with E-state index in [-0.39, 0.29) is 29.2 Å². The van der Waals surface area contributed by atoms with Crippen LogP contribution < -0.4 is 16.1 Å². The van der Waals surface area contributed by atoms with Crippen molar-refractivity contribution in [3.8, 4) is 0 Å². The fourth-order valence-corrected chi connectivity index (χ4v) is 8.56. The van der Waals surface area contributed by atoms with Crippen LogP contribution in [-0.2, 0) is 14.4 Å². The van der Waals surface area contributed by atoms with Crippen molar-refractivity contribution in [2.75, 3.05) is 0 Å². The summed E-state index contributed by atoms with van der Waals surface area (Å²) < 4.78 is 0. The molecule has 4 bridgehead atoms. The molecule has 7 nitrogen and oxygen atoms in total. The molecule has 0 radical (unpaired) electrons. The van der Waals surface area contributed by atoms with Gasteiger partial charge in [0.2, 0.25) is 17.7 Å². The number of rotatable bonds is 9. The van der Waals surface area contributed by atoms with Crippen molar-refractivity contribution in [1.29, 1.82) is 0 Å². The maximum Gasteiger partial charge on any atom is 0.247 e. The predicted octanol–water partition coefficient (Wildman–Crippen LogP) is 4.58. The van der Waals surface area contributed by atoms with Gasteiger partial charge in [-0.15, -0.1) is 0 Å². The van der Waals surface area contributed by atoms with Gasteiger partial charge in [-0.3, -0.25) is 19.6 Å². The first-order chi connectivity index (χ1) is 16.9. The summed E-state index contributed by atoms with van der Waals surface area (Å²) in [6, 6.07) is -0.686. The molecule has 36 heavy (non-hydrogen) atoms. The van der Waals surface area contributed by atoms with Gasteiger partial charge in [0, 0.05) is 5.54 Å². The maximum atomic E-state index is 13.9. The van der Waals surface area contributed by atoms with Gasteiger partial charge in [-0.2, -0.15) is 0 Å². The molecular formula is C29H49N3O4. The van der Waals surface area contributed by atoms with E-state index in [1.54, 1.807) is 0 Å². The van der Waals surface area contributed by atoms with Crippen molar-refractivity contribution >= 4 is 17.7 Å². The summed E-state index contributed by atoms with van der Waals surface area (Å²) in [6.07, 6.45) is 11.5. The van der Waals surface area contributed by atoms with Crippen molar-refractivity contribution in [2.24, 2.45) is 46.8 Å². The van der Waals surface area contributed by atoms with Gasteiger partial charge in [0.1, 0.15) is 6.04 Å². The topological polar surface area (TPSA) is 108 Å². The second-order valence-corrected chi connectivity index (χ2v) is 14.3. The Balaban J connectivity index is 1.53. The summed E-state index contributed by atoms with van der Waals surface area (Å²) in [4.78, 5) is 40.5. The number of carbonyl (C=O) groups excluding carboxylic acids is 3. The number of amides is 3. The van der Waals surface area contributed by atoms with Crippen LogP contribution in [0, 0.1) is 46.8 Å². The molecule has 4 N–H and O–H groups in total. The van der Waals surface area contributed by atoms with E-state index in [4.69, 9.17) is 0 Å². The highest BCUT2D eigenvalue weighted by Gasteiger charge is 2.52. The molecule has 0 heterocycles. The molecule has 5 fully saturated rings. The van der Waals surface area contributed by atoms with Crippen molar-refractivity contribution < 1.29 is 19.6 Å². The first-order valence-electron chi connectivity index (χ1n) is 14.5. The van der Waals surface area contributed by atoms with Gasteiger partial charge < -0.3 is 10.6 Å². The Bertz CT molecular complexity index is 792. The van der Waals surface area contributed by atoms with E-state index >= 15 is 0 Å². The zero-order chi connectivity index (χ0) is 26.3. The summed E-state index contributed by atoms with van der Waals surface area (Å²) in [5, 5.41) is 16.1. The summed E-state index contributed by atoms with van der Waals surface area (Å²) in [5.74, 6) is 0.439. The van der Waals surface area contributed by atoms with Crippen LogP contribution in [0.4, 0.5) is 0 Å². The van der Waals surface area contributed by atoms with Crippen molar-refractivity contribution in [2.45, 2.75) is 117 Å². The van der Waals surface area contributed by atoms with Gasteiger partial charge in [-0.25, -0.2) is 5.48 Å². The average Bonchev–Trinajstić information content (AvgIpc) is 3.28. The van der Waals surface area contributed by atoms with Crippen molar-refractivity contribution in [1.82, 2.24) is 16.1 Å². The molecular weight excluding hydrogens is 454 g/mol. The lowest BCUT2D eigenvalue weighted by atomic mass is 9.53. The average molecular weight is 504 g/mol. The first-order valence-corrected chi connectivity index (χ1v) is 14.5. The number of carbonyl (C=O) groups is 3. The fourth-order valence-electron chi connectivity index (χ4n) is 8.56. The van der Waals surface area contributed by atoms with Crippen LogP contribution in [0.1, 0.15) is 105 Å². The molecule has 3 amide bonds. The normalized spacial score (nSPS) is 32.2. The largest absolute Gasteiger partial charge is 0.349 e. The van der Waals surface area contributed by atoms with E-state index in [0.717, 1.165) is 62.7 Å². The van der Waals surface area contributed by atoms with Gasteiger partial charge in [0.25, 0.3) is 0 Å². The van der Waals surface area contributed by atoms with Crippen LogP contribution in [0.15, 0.2) is 0 Å². The summed E-state index contributed by atoms with van der Waals surface area (Å²) in [7, 11) is 0. The molecule has 204 valence electrons. The number of hydrogen-bond donors (Lipinski definition) is 4. The summed E-state index contributed by atoms with van der Waals surface area (Å²) >= 11 is 0. The highest BCUT2D eigenvalue weighted by atomic mass is 16.5. The molecule has 5 rings (SSSR count). The van der Waals surface area contributed by atoms with Crippen LogP contribution in [0.3, 0.4) is 0 Å². The number of hydroxylamine groups is 1. The van der Waals surface area contributed by atoms with Crippen LogP contribution >= 0.6 is 0 Å². The first kappa shape index (κ1) is 27.4. The monoisotopic (exact) mass is 503 g/mol. The predicted molar refractivity (Wildman–Crippen MR) is 139 cm³/mol. The lowest BCUT2D eigenvalue weighted by Crippen LogP contribution is -2.64. The van der Waals surface area contributed by atoms with E-state index in [9.17, 15) is 19.6 Å². The van der Waals surface area contributed by atoms with Crippen molar-refractivity contribution in [3.63, 3.8) is 0 Å². The second-order valence-electron chi connectivity index (χ2n) is 14.3. The molecule has 7 heteroatoms. The van der Waals surface area contributed by atoms with E-state index in [2.05, 4.69) is 10.6 Å². The molecule has 0 aromatic heterocycles. The molecule has 0 aromatic rings. The SMILES string of the molecule is CC(C)C[C@@H](C(=O)N[C@H](C(=O)NC12CC3CC(CC(C3)C1)C2)C(C)(C)C)[C@@H](C(=O)NO)C1CCCC1. The van der Waals surface area contributed by atoms with E-state index in [0.29, 0.717) is 6.42 Å². The molecule has 5 saturated carbocycles. The van der Waals surface area contributed by atoms with Crippen LogP contribution in [-0.4, -0.2) is 34.5 Å². The molecule has 0 unspecified atom stereocenters. The Hall–Kier alpha value is -1.63. The molecule has 3 atom stereocenters. The summed E-state index contributed by atoms with van der Waals surface area (Å²) in [5.41, 5.74) is 1.24. The Labute approximate surface area is 217 Å². The molecule has 0 aliphatic heterocycles. The smallest absolute Gasteiger partial charge is 0.247 e.